The van der Waals surface area contributed by atoms with Crippen LogP contribution in [-0.4, -0.2) is 53.8 Å². The highest BCUT2D eigenvalue weighted by atomic mass is 32.2. The Hall–Kier alpha value is -3.00. The zero-order valence-electron chi connectivity index (χ0n) is 19.7. The fourth-order valence-corrected chi connectivity index (χ4v) is 4.68. The second-order valence-electron chi connectivity index (χ2n) is 8.76. The molecule has 0 aliphatic heterocycles. The van der Waals surface area contributed by atoms with Gasteiger partial charge in [-0.2, -0.15) is 11.8 Å². The Bertz CT molecular complexity index is 980. The highest BCUT2D eigenvalue weighted by molar-refractivity contribution is 7.98. The van der Waals surface area contributed by atoms with Gasteiger partial charge in [-0.05, 0) is 46.6 Å². The van der Waals surface area contributed by atoms with E-state index in [9.17, 15) is 14.4 Å². The molecule has 0 heterocycles. The number of carbonyl (C=O) groups excluding carboxylic acids is 2. The molecule has 0 saturated heterocycles. The van der Waals surface area contributed by atoms with Crippen LogP contribution in [0.25, 0.3) is 11.1 Å². The highest BCUT2D eigenvalue weighted by Gasteiger charge is 2.30. The number of alkyl carbamates (subject to hydrolysis) is 1. The monoisotopic (exact) mass is 484 g/mol. The van der Waals surface area contributed by atoms with Crippen molar-refractivity contribution < 1.29 is 24.2 Å². The van der Waals surface area contributed by atoms with Crippen LogP contribution in [0.2, 0.25) is 0 Å². The molecule has 34 heavy (non-hydrogen) atoms. The van der Waals surface area contributed by atoms with Gasteiger partial charge >= 0.3 is 12.1 Å². The minimum atomic E-state index is -0.982. The van der Waals surface area contributed by atoms with E-state index >= 15 is 0 Å². The molecule has 2 aromatic rings. The summed E-state index contributed by atoms with van der Waals surface area (Å²) in [6, 6.07) is 14.8. The van der Waals surface area contributed by atoms with Gasteiger partial charge in [-0.15, -0.1) is 0 Å². The van der Waals surface area contributed by atoms with Crippen molar-refractivity contribution in [3.8, 4) is 11.1 Å². The predicted octanol–water partition coefficient (Wildman–Crippen LogP) is 4.26. The largest absolute Gasteiger partial charge is 0.481 e. The van der Waals surface area contributed by atoms with Crippen LogP contribution in [0, 0.1) is 5.92 Å². The Morgan fingerprint density at radius 3 is 2.12 bits per heavy atom. The third kappa shape index (κ3) is 6.32. The van der Waals surface area contributed by atoms with Gasteiger partial charge in [0.1, 0.15) is 12.6 Å². The molecule has 0 spiro atoms. The van der Waals surface area contributed by atoms with Crippen molar-refractivity contribution >= 4 is 29.7 Å². The Morgan fingerprint density at radius 2 is 1.59 bits per heavy atom. The van der Waals surface area contributed by atoms with Gasteiger partial charge in [-0.3, -0.25) is 9.59 Å². The van der Waals surface area contributed by atoms with E-state index in [4.69, 9.17) is 9.84 Å². The number of carboxylic acids is 1. The first kappa shape index (κ1) is 25.6. The summed E-state index contributed by atoms with van der Waals surface area (Å²) in [6.07, 6.45) is 1.49. The van der Waals surface area contributed by atoms with E-state index in [1.165, 1.54) is 0 Å². The van der Waals surface area contributed by atoms with Gasteiger partial charge < -0.3 is 20.5 Å². The molecule has 2 amide bonds. The Morgan fingerprint density at radius 1 is 1.00 bits per heavy atom. The van der Waals surface area contributed by atoms with Gasteiger partial charge in [-0.25, -0.2) is 4.79 Å². The molecular weight excluding hydrogens is 452 g/mol. The molecule has 0 aromatic heterocycles. The lowest BCUT2D eigenvalue weighted by molar-refractivity contribution is -0.138. The molecule has 3 N–H and O–H groups in total. The standard InChI is InChI=1S/C26H32N2O5S/c1-16(2)23(14-24(29)30)27-25(31)22(12-13-34-3)28-26(32)33-15-21-19-10-6-4-8-17(19)18-9-5-7-11-20(18)21/h4-11,16,21-23H,12-15H2,1-3H3,(H,27,31)(H,28,32)(H,29,30)/t22-,23?/m0/s1. The summed E-state index contributed by atoms with van der Waals surface area (Å²) >= 11 is 1.56. The van der Waals surface area contributed by atoms with Crippen molar-refractivity contribution in [1.82, 2.24) is 10.6 Å². The summed E-state index contributed by atoms with van der Waals surface area (Å²) in [7, 11) is 0. The molecule has 1 unspecified atom stereocenters. The number of fused-ring (bicyclic) bond motifs is 3. The van der Waals surface area contributed by atoms with Crippen molar-refractivity contribution in [3.63, 3.8) is 0 Å². The number of carbonyl (C=O) groups is 3. The number of ether oxygens (including phenoxy) is 1. The number of aliphatic carboxylic acids is 1. The van der Waals surface area contributed by atoms with Crippen molar-refractivity contribution in [1.29, 1.82) is 0 Å². The number of rotatable bonds is 11. The molecule has 0 fully saturated rings. The van der Waals surface area contributed by atoms with E-state index < -0.39 is 30.1 Å². The molecule has 182 valence electrons. The summed E-state index contributed by atoms with van der Waals surface area (Å²) in [5.41, 5.74) is 4.51. The third-order valence-corrected chi connectivity index (χ3v) is 6.73. The predicted molar refractivity (Wildman–Crippen MR) is 134 cm³/mol. The van der Waals surface area contributed by atoms with Gasteiger partial charge in [0.2, 0.25) is 5.91 Å². The number of nitrogens with one attached hydrogen (secondary N) is 2. The second kappa shape index (κ2) is 11.9. The van der Waals surface area contributed by atoms with Gasteiger partial charge in [0.05, 0.1) is 6.42 Å². The quantitative estimate of drug-likeness (QED) is 0.440. The molecule has 1 aliphatic carbocycles. The van der Waals surface area contributed by atoms with E-state index in [2.05, 4.69) is 22.8 Å². The Labute approximate surface area is 204 Å². The van der Waals surface area contributed by atoms with E-state index in [1.54, 1.807) is 11.8 Å². The van der Waals surface area contributed by atoms with E-state index in [-0.39, 0.29) is 24.9 Å². The van der Waals surface area contributed by atoms with Crippen LogP contribution in [0.5, 0.6) is 0 Å². The first-order valence-corrected chi connectivity index (χ1v) is 12.8. The lowest BCUT2D eigenvalue weighted by Crippen LogP contribution is -2.51. The molecule has 2 aromatic carbocycles. The van der Waals surface area contributed by atoms with Crippen molar-refractivity contribution in [2.75, 3.05) is 18.6 Å². The van der Waals surface area contributed by atoms with Crippen molar-refractivity contribution in [2.24, 2.45) is 5.92 Å². The van der Waals surface area contributed by atoms with Crippen LogP contribution in [0.15, 0.2) is 48.5 Å². The number of hydrogen-bond acceptors (Lipinski definition) is 5. The topological polar surface area (TPSA) is 105 Å². The molecule has 2 atom stereocenters. The number of benzene rings is 2. The zero-order chi connectivity index (χ0) is 24.7. The summed E-state index contributed by atoms with van der Waals surface area (Å²) < 4.78 is 5.59. The summed E-state index contributed by atoms with van der Waals surface area (Å²) in [6.45, 7) is 3.86. The SMILES string of the molecule is CSCC[C@H](NC(=O)OCC1c2ccccc2-c2ccccc21)C(=O)NC(CC(=O)O)C(C)C. The molecule has 0 radical (unpaired) electrons. The number of carboxylic acid groups (broad SMARTS) is 1. The zero-order valence-corrected chi connectivity index (χ0v) is 20.6. The smallest absolute Gasteiger partial charge is 0.407 e. The maximum atomic E-state index is 12.9. The average Bonchev–Trinajstić information content (AvgIpc) is 3.13. The van der Waals surface area contributed by atoms with Crippen LogP contribution in [0.4, 0.5) is 4.79 Å². The van der Waals surface area contributed by atoms with E-state index in [0.29, 0.717) is 12.2 Å². The lowest BCUT2D eigenvalue weighted by Gasteiger charge is -2.25. The minimum absolute atomic E-state index is 0.0595. The van der Waals surface area contributed by atoms with Gasteiger partial charge in [0, 0.05) is 12.0 Å². The van der Waals surface area contributed by atoms with Gasteiger partial charge in [0.15, 0.2) is 0 Å². The molecule has 3 rings (SSSR count). The fraction of sp³-hybridized carbons (Fsp3) is 0.423. The average molecular weight is 485 g/mol. The Kier molecular flexibility index (Phi) is 8.98. The lowest BCUT2D eigenvalue weighted by atomic mass is 9.98. The van der Waals surface area contributed by atoms with E-state index in [1.807, 2.05) is 56.5 Å². The normalized spacial score (nSPS) is 14.1. The minimum Gasteiger partial charge on any atom is -0.481 e. The Balaban J connectivity index is 1.65. The van der Waals surface area contributed by atoms with Crippen LogP contribution in [0.1, 0.15) is 43.7 Å². The fourth-order valence-electron chi connectivity index (χ4n) is 4.21. The maximum Gasteiger partial charge on any atom is 0.407 e. The molecular formula is C26H32N2O5S. The molecule has 0 saturated carbocycles. The van der Waals surface area contributed by atoms with E-state index in [0.717, 1.165) is 22.3 Å². The van der Waals surface area contributed by atoms with Crippen LogP contribution < -0.4 is 10.6 Å². The van der Waals surface area contributed by atoms with Crippen LogP contribution in [-0.2, 0) is 14.3 Å². The van der Waals surface area contributed by atoms with Crippen molar-refractivity contribution in [3.05, 3.63) is 59.7 Å². The number of thioether (sulfide) groups is 1. The second-order valence-corrected chi connectivity index (χ2v) is 9.75. The maximum absolute atomic E-state index is 12.9. The van der Waals surface area contributed by atoms with Gasteiger partial charge in [0.25, 0.3) is 0 Å². The summed E-state index contributed by atoms with van der Waals surface area (Å²) in [5, 5.41) is 14.6. The first-order chi connectivity index (χ1) is 16.3. The molecule has 1 aliphatic rings. The van der Waals surface area contributed by atoms with Crippen LogP contribution >= 0.6 is 11.8 Å². The number of hydrogen-bond donors (Lipinski definition) is 3. The highest BCUT2D eigenvalue weighted by Crippen LogP contribution is 2.44. The first-order valence-electron chi connectivity index (χ1n) is 11.4. The molecule has 0 bridgehead atoms. The van der Waals surface area contributed by atoms with Gasteiger partial charge in [-0.1, -0.05) is 62.4 Å². The molecule has 7 nitrogen and oxygen atoms in total. The summed E-state index contributed by atoms with van der Waals surface area (Å²) in [4.78, 5) is 36.7. The molecule has 8 heteroatoms. The summed E-state index contributed by atoms with van der Waals surface area (Å²) in [5.74, 6) is -0.854. The number of amides is 2. The van der Waals surface area contributed by atoms with Crippen molar-refractivity contribution in [2.45, 2.75) is 44.7 Å². The third-order valence-electron chi connectivity index (χ3n) is 6.09. The van der Waals surface area contributed by atoms with Crippen LogP contribution in [0.3, 0.4) is 0 Å².